The Morgan fingerprint density at radius 1 is 1.17 bits per heavy atom. The highest BCUT2D eigenvalue weighted by Gasteiger charge is 2.11. The average Bonchev–Trinajstić information content (AvgIpc) is 2.85. The van der Waals surface area contributed by atoms with Gasteiger partial charge in [-0.3, -0.25) is 4.79 Å². The predicted molar refractivity (Wildman–Crippen MR) is 101 cm³/mol. The van der Waals surface area contributed by atoms with Crippen LogP contribution in [-0.2, 0) is 6.54 Å². The first-order chi connectivity index (χ1) is 11.5. The van der Waals surface area contributed by atoms with E-state index in [1.165, 1.54) is 11.1 Å². The van der Waals surface area contributed by atoms with Crippen molar-refractivity contribution in [3.05, 3.63) is 76.1 Å². The van der Waals surface area contributed by atoms with Crippen LogP contribution in [0.4, 0.5) is 0 Å². The van der Waals surface area contributed by atoms with Crippen LogP contribution in [0.15, 0.2) is 54.0 Å². The average molecular weight is 336 g/mol. The second kappa shape index (κ2) is 6.57. The molecule has 0 N–H and O–H groups in total. The Labute approximate surface area is 145 Å². The van der Waals surface area contributed by atoms with Crippen LogP contribution in [0.3, 0.4) is 0 Å². The number of nitrogens with zero attached hydrogens (tertiary/aromatic N) is 2. The zero-order valence-electron chi connectivity index (χ0n) is 14.2. The van der Waals surface area contributed by atoms with Crippen molar-refractivity contribution in [1.82, 2.24) is 4.57 Å². The molecule has 0 saturated heterocycles. The number of hydrogen-bond acceptors (Lipinski definition) is 2. The molecule has 3 nitrogen and oxygen atoms in total. The summed E-state index contributed by atoms with van der Waals surface area (Å²) in [6.07, 6.45) is 1.83. The lowest BCUT2D eigenvalue weighted by molar-refractivity contribution is 0.0997. The van der Waals surface area contributed by atoms with E-state index in [0.29, 0.717) is 16.9 Å². The molecule has 0 radical (unpaired) electrons. The van der Waals surface area contributed by atoms with Crippen LogP contribution in [0.1, 0.15) is 27.0 Å². The molecule has 4 heteroatoms. The summed E-state index contributed by atoms with van der Waals surface area (Å²) < 4.78 is 3.19. The minimum Gasteiger partial charge on any atom is -0.312 e. The Morgan fingerprint density at radius 2 is 1.88 bits per heavy atom. The highest BCUT2D eigenvalue weighted by Crippen LogP contribution is 2.22. The minimum atomic E-state index is -0.203. The first kappa shape index (κ1) is 16.4. The van der Waals surface area contributed by atoms with Crippen LogP contribution in [0, 0.1) is 20.8 Å². The van der Waals surface area contributed by atoms with E-state index in [0.717, 1.165) is 15.8 Å². The molecule has 24 heavy (non-hydrogen) atoms. The molecule has 1 heterocycles. The Bertz CT molecular complexity index is 1010. The van der Waals surface area contributed by atoms with Gasteiger partial charge < -0.3 is 4.57 Å². The number of carbonyl (C=O) groups is 1. The molecular weight excluding hydrogens is 316 g/mol. The van der Waals surface area contributed by atoms with Gasteiger partial charge in [0, 0.05) is 12.1 Å². The number of hydrogen-bond donors (Lipinski definition) is 0. The summed E-state index contributed by atoms with van der Waals surface area (Å²) in [5.74, 6) is -0.203. The van der Waals surface area contributed by atoms with Gasteiger partial charge in [0.25, 0.3) is 5.91 Å². The quantitative estimate of drug-likeness (QED) is 0.646. The fraction of sp³-hybridized carbons (Fsp3) is 0.200. The minimum absolute atomic E-state index is 0.203. The molecule has 3 aromatic rings. The third-order valence-corrected chi connectivity index (χ3v) is 5.22. The first-order valence-electron chi connectivity index (χ1n) is 7.87. The van der Waals surface area contributed by atoms with Gasteiger partial charge in [0.15, 0.2) is 4.80 Å². The smallest absolute Gasteiger partial charge is 0.279 e. The molecular formula is C20H20N2OS. The van der Waals surface area contributed by atoms with Gasteiger partial charge in [0.2, 0.25) is 0 Å². The van der Waals surface area contributed by atoms with Crippen molar-refractivity contribution in [3.8, 4) is 0 Å². The van der Waals surface area contributed by atoms with E-state index in [9.17, 15) is 4.79 Å². The summed E-state index contributed by atoms with van der Waals surface area (Å²) in [5, 5.41) is 0. The highest BCUT2D eigenvalue weighted by atomic mass is 32.1. The normalized spacial score (nSPS) is 11.9. The van der Waals surface area contributed by atoms with Crippen LogP contribution < -0.4 is 4.80 Å². The number of rotatable bonds is 3. The van der Waals surface area contributed by atoms with Crippen molar-refractivity contribution < 1.29 is 4.79 Å². The van der Waals surface area contributed by atoms with Gasteiger partial charge in [0.05, 0.1) is 10.2 Å². The van der Waals surface area contributed by atoms with Crippen LogP contribution in [0.25, 0.3) is 10.2 Å². The van der Waals surface area contributed by atoms with Crippen LogP contribution in [0.5, 0.6) is 0 Å². The molecule has 0 fully saturated rings. The largest absolute Gasteiger partial charge is 0.312 e. The molecule has 0 aliphatic heterocycles. The van der Waals surface area contributed by atoms with Crippen molar-refractivity contribution in [2.75, 3.05) is 0 Å². The number of amides is 1. The van der Waals surface area contributed by atoms with Crippen LogP contribution in [0.2, 0.25) is 0 Å². The lowest BCUT2D eigenvalue weighted by Crippen LogP contribution is -2.16. The van der Waals surface area contributed by atoms with Crippen molar-refractivity contribution in [2.45, 2.75) is 27.3 Å². The predicted octanol–water partition coefficient (Wildman–Crippen LogP) is 4.56. The fourth-order valence-electron chi connectivity index (χ4n) is 2.67. The first-order valence-corrected chi connectivity index (χ1v) is 8.69. The molecule has 1 aromatic heterocycles. The zero-order valence-corrected chi connectivity index (χ0v) is 15.0. The van der Waals surface area contributed by atoms with Crippen molar-refractivity contribution >= 4 is 27.5 Å². The van der Waals surface area contributed by atoms with Gasteiger partial charge in [0.1, 0.15) is 0 Å². The van der Waals surface area contributed by atoms with Crippen LogP contribution >= 0.6 is 11.3 Å². The summed E-state index contributed by atoms with van der Waals surface area (Å²) in [7, 11) is 0. The summed E-state index contributed by atoms with van der Waals surface area (Å²) in [5.41, 5.74) is 5.15. The van der Waals surface area contributed by atoms with E-state index in [2.05, 4.69) is 42.1 Å². The van der Waals surface area contributed by atoms with Crippen molar-refractivity contribution in [1.29, 1.82) is 0 Å². The Morgan fingerprint density at radius 3 is 2.58 bits per heavy atom. The third kappa shape index (κ3) is 2.97. The molecule has 0 atom stereocenters. The van der Waals surface area contributed by atoms with E-state index < -0.39 is 0 Å². The number of carbonyl (C=O) groups excluding carboxylic acids is 1. The van der Waals surface area contributed by atoms with Gasteiger partial charge in [-0.1, -0.05) is 35.6 Å². The molecule has 0 unspecified atom stereocenters. The summed E-state index contributed by atoms with van der Waals surface area (Å²) in [4.78, 5) is 17.7. The van der Waals surface area contributed by atoms with Crippen molar-refractivity contribution in [2.24, 2.45) is 4.99 Å². The third-order valence-electron chi connectivity index (χ3n) is 4.18. The molecule has 0 saturated carbocycles. The molecule has 0 aliphatic rings. The maximum atomic E-state index is 12.6. The number of fused-ring (bicyclic) bond motifs is 1. The monoisotopic (exact) mass is 336 g/mol. The van der Waals surface area contributed by atoms with Gasteiger partial charge in [-0.05, 0) is 55.7 Å². The van der Waals surface area contributed by atoms with E-state index in [1.807, 2.05) is 37.3 Å². The molecule has 0 spiro atoms. The standard InChI is InChI=1S/C20H20N2OS/c1-5-10-22-17-11-14(3)15(4)12-18(17)24-20(22)21-19(23)16-9-7-6-8-13(16)2/h5-9,11-12H,1,10H2,2-4H3. The maximum absolute atomic E-state index is 12.6. The number of thiazole rings is 1. The second-order valence-electron chi connectivity index (χ2n) is 5.92. The Balaban J connectivity index is 2.21. The maximum Gasteiger partial charge on any atom is 0.279 e. The van der Waals surface area contributed by atoms with Gasteiger partial charge in [-0.15, -0.1) is 6.58 Å². The van der Waals surface area contributed by atoms with E-state index in [-0.39, 0.29) is 5.91 Å². The molecule has 1 amide bonds. The number of aryl methyl sites for hydroxylation is 3. The SMILES string of the molecule is C=CCn1c(=NC(=O)c2ccccc2C)sc2cc(C)c(C)cc21. The van der Waals surface area contributed by atoms with E-state index >= 15 is 0 Å². The fourth-order valence-corrected chi connectivity index (χ4v) is 3.79. The molecule has 2 aromatic carbocycles. The Kier molecular flexibility index (Phi) is 4.49. The number of allylic oxidation sites excluding steroid dienone is 1. The second-order valence-corrected chi connectivity index (χ2v) is 6.93. The highest BCUT2D eigenvalue weighted by molar-refractivity contribution is 7.16. The van der Waals surface area contributed by atoms with Crippen LogP contribution in [-0.4, -0.2) is 10.5 Å². The van der Waals surface area contributed by atoms with E-state index in [1.54, 1.807) is 11.3 Å². The molecule has 3 rings (SSSR count). The summed E-state index contributed by atoms with van der Waals surface area (Å²) in [6, 6.07) is 11.9. The van der Waals surface area contributed by atoms with Gasteiger partial charge >= 0.3 is 0 Å². The number of benzene rings is 2. The van der Waals surface area contributed by atoms with Gasteiger partial charge in [-0.2, -0.15) is 4.99 Å². The Hall–Kier alpha value is -2.46. The van der Waals surface area contributed by atoms with Crippen molar-refractivity contribution in [3.63, 3.8) is 0 Å². The zero-order chi connectivity index (χ0) is 17.3. The molecule has 0 bridgehead atoms. The molecule has 122 valence electrons. The lowest BCUT2D eigenvalue weighted by atomic mass is 10.1. The molecule has 0 aliphatic carbocycles. The van der Waals surface area contributed by atoms with Gasteiger partial charge in [-0.25, -0.2) is 0 Å². The number of aromatic nitrogens is 1. The lowest BCUT2D eigenvalue weighted by Gasteiger charge is -2.04. The topological polar surface area (TPSA) is 34.4 Å². The summed E-state index contributed by atoms with van der Waals surface area (Å²) in [6.45, 7) is 10.6. The summed E-state index contributed by atoms with van der Waals surface area (Å²) >= 11 is 1.54. The van der Waals surface area contributed by atoms with E-state index in [4.69, 9.17) is 0 Å².